The summed E-state index contributed by atoms with van der Waals surface area (Å²) in [7, 11) is 1.57. The average Bonchev–Trinajstić information content (AvgIpc) is 3.15. The summed E-state index contributed by atoms with van der Waals surface area (Å²) < 4.78 is 103. The van der Waals surface area contributed by atoms with Crippen LogP contribution in [0.2, 0.25) is 0 Å². The van der Waals surface area contributed by atoms with E-state index in [-0.39, 0.29) is 10.3 Å². The molecule has 3 aromatic rings. The maximum atomic E-state index is 14.3. The van der Waals surface area contributed by atoms with Gasteiger partial charge in [-0.25, -0.2) is 4.39 Å². The maximum absolute atomic E-state index is 14.3. The minimum Gasteiger partial charge on any atom is -0.497 e. The zero-order valence-corrected chi connectivity index (χ0v) is 18.6. The molecule has 0 unspecified atom stereocenters. The third kappa shape index (κ3) is 3.62. The Kier molecular flexibility index (Phi) is 5.88. The van der Waals surface area contributed by atoms with E-state index >= 15 is 0 Å². The van der Waals surface area contributed by atoms with E-state index in [1.54, 1.807) is 31.4 Å². The van der Waals surface area contributed by atoms with Gasteiger partial charge in [-0.15, -0.1) is 11.3 Å². The van der Waals surface area contributed by atoms with E-state index in [0.29, 0.717) is 10.3 Å². The Labute approximate surface area is 194 Å². The molecular formula is C25H17F7OS. The van der Waals surface area contributed by atoms with Gasteiger partial charge in [0.1, 0.15) is 5.75 Å². The summed E-state index contributed by atoms with van der Waals surface area (Å²) in [6.45, 7) is 1.30. The molecule has 1 aliphatic carbocycles. The Hall–Kier alpha value is -3.07. The van der Waals surface area contributed by atoms with Crippen LogP contribution in [0.15, 0.2) is 60.4 Å². The lowest BCUT2D eigenvalue weighted by atomic mass is 9.97. The van der Waals surface area contributed by atoms with Crippen LogP contribution in [0.25, 0.3) is 27.8 Å². The highest BCUT2D eigenvalue weighted by molar-refractivity contribution is 7.19. The number of rotatable bonds is 5. The van der Waals surface area contributed by atoms with Gasteiger partial charge < -0.3 is 4.74 Å². The van der Waals surface area contributed by atoms with Crippen LogP contribution < -0.4 is 4.74 Å². The van der Waals surface area contributed by atoms with Gasteiger partial charge in [-0.3, -0.25) is 0 Å². The molecule has 1 aliphatic rings. The van der Waals surface area contributed by atoms with Crippen LogP contribution in [0.4, 0.5) is 30.7 Å². The lowest BCUT2D eigenvalue weighted by Crippen LogP contribution is -2.48. The SMILES string of the molecule is COc1ccc(C=CC=Cc2ccc3c(C4=C(F)C(F)(F)C(F)(F)C4(F)F)c(C)sc3c2)cc1. The number of thiophene rings is 1. The van der Waals surface area contributed by atoms with Crippen molar-refractivity contribution in [3.8, 4) is 5.75 Å². The van der Waals surface area contributed by atoms with Crippen molar-refractivity contribution in [3.05, 3.63) is 82.0 Å². The summed E-state index contributed by atoms with van der Waals surface area (Å²) >= 11 is 0.935. The number of hydrogen-bond donors (Lipinski definition) is 0. The molecule has 0 spiro atoms. The van der Waals surface area contributed by atoms with E-state index < -0.39 is 34.7 Å². The number of aryl methyl sites for hydroxylation is 1. The molecule has 0 amide bonds. The molecule has 0 N–H and O–H groups in total. The quantitative estimate of drug-likeness (QED) is 0.253. The molecule has 0 saturated heterocycles. The molecule has 9 heteroatoms. The molecule has 0 aliphatic heterocycles. The number of ether oxygens (including phenoxy) is 1. The molecule has 0 atom stereocenters. The van der Waals surface area contributed by atoms with Crippen molar-refractivity contribution in [1.82, 2.24) is 0 Å². The van der Waals surface area contributed by atoms with E-state index in [0.717, 1.165) is 22.6 Å². The van der Waals surface area contributed by atoms with Gasteiger partial charge in [0.15, 0.2) is 5.83 Å². The number of methoxy groups -OCH3 is 1. The predicted molar refractivity (Wildman–Crippen MR) is 120 cm³/mol. The van der Waals surface area contributed by atoms with E-state index in [4.69, 9.17) is 4.74 Å². The Morgan fingerprint density at radius 1 is 0.824 bits per heavy atom. The molecule has 0 bridgehead atoms. The second kappa shape index (κ2) is 8.30. The minimum absolute atomic E-state index is 0.00625. The number of hydrogen-bond acceptors (Lipinski definition) is 2. The van der Waals surface area contributed by atoms with Crippen molar-refractivity contribution in [2.75, 3.05) is 7.11 Å². The first kappa shape index (κ1) is 24.1. The van der Waals surface area contributed by atoms with Crippen LogP contribution in [-0.2, 0) is 0 Å². The van der Waals surface area contributed by atoms with Crippen LogP contribution in [0.3, 0.4) is 0 Å². The number of halogens is 7. The van der Waals surface area contributed by atoms with Gasteiger partial charge in [0.2, 0.25) is 0 Å². The lowest BCUT2D eigenvalue weighted by Gasteiger charge is -2.24. The molecule has 1 heterocycles. The molecule has 0 radical (unpaired) electrons. The van der Waals surface area contributed by atoms with Gasteiger partial charge in [0, 0.05) is 20.5 Å². The van der Waals surface area contributed by atoms with Crippen LogP contribution in [0.1, 0.15) is 21.6 Å². The maximum Gasteiger partial charge on any atom is 0.383 e. The van der Waals surface area contributed by atoms with Crippen molar-refractivity contribution < 1.29 is 35.5 Å². The van der Waals surface area contributed by atoms with Crippen LogP contribution >= 0.6 is 11.3 Å². The summed E-state index contributed by atoms with van der Waals surface area (Å²) in [5.41, 5.74) is -0.977. The smallest absolute Gasteiger partial charge is 0.383 e. The second-order valence-electron chi connectivity index (χ2n) is 7.69. The van der Waals surface area contributed by atoms with E-state index in [1.165, 1.54) is 19.1 Å². The molecule has 0 saturated carbocycles. The largest absolute Gasteiger partial charge is 0.497 e. The van der Waals surface area contributed by atoms with Crippen LogP contribution in [0, 0.1) is 6.92 Å². The fourth-order valence-electron chi connectivity index (χ4n) is 3.75. The molecule has 34 heavy (non-hydrogen) atoms. The monoisotopic (exact) mass is 498 g/mol. The van der Waals surface area contributed by atoms with Gasteiger partial charge in [0.05, 0.1) is 12.7 Å². The van der Waals surface area contributed by atoms with Crippen molar-refractivity contribution >= 4 is 39.1 Å². The first-order valence-electron chi connectivity index (χ1n) is 9.98. The van der Waals surface area contributed by atoms with Crippen LogP contribution in [0.5, 0.6) is 5.75 Å². The molecule has 1 aromatic heterocycles. The van der Waals surface area contributed by atoms with E-state index in [9.17, 15) is 30.7 Å². The Balaban J connectivity index is 1.66. The molecule has 178 valence electrons. The highest BCUT2D eigenvalue weighted by atomic mass is 32.1. The summed E-state index contributed by atoms with van der Waals surface area (Å²) in [5.74, 6) is -18.9. The molecule has 2 aromatic carbocycles. The number of benzene rings is 2. The third-order valence-electron chi connectivity index (χ3n) is 5.54. The predicted octanol–water partition coefficient (Wildman–Crippen LogP) is 8.55. The normalized spacial score (nSPS) is 19.1. The Morgan fingerprint density at radius 2 is 1.41 bits per heavy atom. The third-order valence-corrected chi connectivity index (χ3v) is 6.61. The lowest BCUT2D eigenvalue weighted by molar-refractivity contribution is -0.263. The standard InChI is InChI=1S/C25H17F7OS/c1-14-20(21-22(26)24(29,30)25(31,32)23(21,27)28)18-12-9-16(13-19(18)34-14)6-4-3-5-15-7-10-17(33-2)11-8-15/h3-13H,1-2H3. The number of alkyl halides is 6. The van der Waals surface area contributed by atoms with Crippen molar-refractivity contribution in [2.45, 2.75) is 24.7 Å². The summed E-state index contributed by atoms with van der Waals surface area (Å²) in [5, 5.41) is 0.00625. The van der Waals surface area contributed by atoms with Gasteiger partial charge in [0.25, 0.3) is 0 Å². The highest BCUT2D eigenvalue weighted by Crippen LogP contribution is 2.63. The van der Waals surface area contributed by atoms with Gasteiger partial charge in [-0.2, -0.15) is 26.3 Å². The number of fused-ring (bicyclic) bond motifs is 1. The molecular weight excluding hydrogens is 481 g/mol. The molecule has 0 fully saturated rings. The van der Waals surface area contributed by atoms with Crippen molar-refractivity contribution in [3.63, 3.8) is 0 Å². The second-order valence-corrected chi connectivity index (χ2v) is 8.95. The van der Waals surface area contributed by atoms with E-state index in [2.05, 4.69) is 0 Å². The Bertz CT molecular complexity index is 1330. The minimum atomic E-state index is -5.86. The zero-order chi connectivity index (χ0) is 24.9. The zero-order valence-electron chi connectivity index (χ0n) is 17.8. The summed E-state index contributed by atoms with van der Waals surface area (Å²) in [4.78, 5) is 0.0360. The topological polar surface area (TPSA) is 9.23 Å². The van der Waals surface area contributed by atoms with Crippen LogP contribution in [-0.4, -0.2) is 24.9 Å². The summed E-state index contributed by atoms with van der Waals surface area (Å²) in [6.07, 6.45) is 7.09. The molecule has 1 nitrogen and oxygen atoms in total. The number of allylic oxidation sites excluding steroid dienone is 4. The first-order chi connectivity index (χ1) is 15.9. The van der Waals surface area contributed by atoms with Crippen molar-refractivity contribution in [2.24, 2.45) is 0 Å². The Morgan fingerprint density at radius 3 is 1.97 bits per heavy atom. The van der Waals surface area contributed by atoms with Gasteiger partial charge in [-0.05, 0) is 36.2 Å². The average molecular weight is 498 g/mol. The fourth-order valence-corrected chi connectivity index (χ4v) is 4.87. The van der Waals surface area contributed by atoms with Gasteiger partial charge in [-0.1, -0.05) is 48.6 Å². The first-order valence-corrected chi connectivity index (χ1v) is 10.8. The highest BCUT2D eigenvalue weighted by Gasteiger charge is 2.81. The fraction of sp³-hybridized carbons (Fsp3) is 0.200. The molecule has 4 rings (SSSR count). The summed E-state index contributed by atoms with van der Waals surface area (Å²) in [6, 6.07) is 11.8. The van der Waals surface area contributed by atoms with Crippen molar-refractivity contribution in [1.29, 1.82) is 0 Å². The van der Waals surface area contributed by atoms with Gasteiger partial charge >= 0.3 is 17.8 Å². The van der Waals surface area contributed by atoms with E-state index in [1.807, 2.05) is 30.3 Å².